The molecule has 0 heterocycles. The van der Waals surface area contributed by atoms with Crippen LogP contribution in [0, 0.1) is 0 Å². The van der Waals surface area contributed by atoms with Crippen molar-refractivity contribution in [1.82, 2.24) is 0 Å². The van der Waals surface area contributed by atoms with Crippen molar-refractivity contribution < 1.29 is 28.8 Å². The number of benzene rings is 5. The quantitative estimate of drug-likeness (QED) is 0.0771. The van der Waals surface area contributed by atoms with E-state index in [9.17, 15) is 5.11 Å². The van der Waals surface area contributed by atoms with Crippen LogP contribution in [-0.4, -0.2) is 25.8 Å². The molecule has 0 aromatic heterocycles. The Kier molecular flexibility index (Phi) is 11.3. The molecule has 0 amide bonds. The van der Waals surface area contributed by atoms with E-state index in [4.69, 9.17) is 23.7 Å². The first kappa shape index (κ1) is 33.0. The van der Waals surface area contributed by atoms with Gasteiger partial charge in [-0.3, -0.25) is 0 Å². The number of rotatable bonds is 14. The molecule has 5 rings (SSSR count). The van der Waals surface area contributed by atoms with Crippen LogP contribution >= 0.6 is 7.92 Å². The van der Waals surface area contributed by atoms with Crippen molar-refractivity contribution in [2.24, 2.45) is 0 Å². The van der Waals surface area contributed by atoms with Gasteiger partial charge in [0.25, 0.3) is 0 Å². The maximum Gasteiger partial charge on any atom is 0.189 e. The minimum atomic E-state index is -1.41. The summed E-state index contributed by atoms with van der Waals surface area (Å²) in [5, 5.41) is 14.5. The van der Waals surface area contributed by atoms with Crippen LogP contribution in [0.25, 0.3) is 0 Å². The zero-order valence-electron chi connectivity index (χ0n) is 26.8. The molecule has 7 heteroatoms. The van der Waals surface area contributed by atoms with Gasteiger partial charge in [-0.05, 0) is 48.7 Å². The van der Waals surface area contributed by atoms with E-state index in [-0.39, 0.29) is 24.8 Å². The van der Waals surface area contributed by atoms with E-state index in [1.807, 2.05) is 121 Å². The molecular formula is C39H41O6P. The molecule has 0 saturated heterocycles. The first-order valence-electron chi connectivity index (χ1n) is 15.2. The van der Waals surface area contributed by atoms with Gasteiger partial charge in [-0.15, -0.1) is 0 Å². The van der Waals surface area contributed by atoms with E-state index in [1.54, 1.807) is 7.11 Å². The van der Waals surface area contributed by atoms with Gasteiger partial charge in [0, 0.05) is 21.5 Å². The highest BCUT2D eigenvalue weighted by Gasteiger charge is 2.30. The van der Waals surface area contributed by atoms with E-state index >= 15 is 0 Å². The molecule has 0 unspecified atom stereocenters. The smallest absolute Gasteiger partial charge is 0.189 e. The summed E-state index contributed by atoms with van der Waals surface area (Å²) < 4.78 is 30.1. The summed E-state index contributed by atoms with van der Waals surface area (Å²) in [5.41, 5.74) is 2.59. The van der Waals surface area contributed by atoms with Gasteiger partial charge in [0.15, 0.2) is 13.6 Å². The Balaban J connectivity index is 1.52. The molecular weight excluding hydrogens is 595 g/mol. The second kappa shape index (κ2) is 15.8. The maximum absolute atomic E-state index is 11.9. The number of aromatic hydroxyl groups is 1. The molecule has 238 valence electrons. The SMILES string of the molecule is COc1cc(P(c2ccccc2OCOCc2ccccc2)c2ccccc2OCOCc2ccccc2)c(O)c(C(C)(C)C)c1. The molecule has 0 aliphatic heterocycles. The molecule has 6 nitrogen and oxygen atoms in total. The highest BCUT2D eigenvalue weighted by molar-refractivity contribution is 7.80. The standard InChI is InChI=1S/C39H41O6P/c1-39(2,3)32-23-31(41-4)24-37(38(32)40)46(35-21-13-11-19-33(35)44-27-42-25-29-15-7-5-8-16-29)36-22-14-12-20-34(36)45-28-43-26-30-17-9-6-10-18-30/h5-24,40H,25-28H2,1-4H3. The van der Waals surface area contributed by atoms with Crippen molar-refractivity contribution in [3.63, 3.8) is 0 Å². The molecule has 0 bridgehead atoms. The lowest BCUT2D eigenvalue weighted by Crippen LogP contribution is -2.26. The molecule has 5 aromatic carbocycles. The van der Waals surface area contributed by atoms with Crippen LogP contribution < -0.4 is 30.1 Å². The first-order valence-corrected chi connectivity index (χ1v) is 16.6. The van der Waals surface area contributed by atoms with Gasteiger partial charge in [0.2, 0.25) is 0 Å². The number of phenolic OH excluding ortho intramolecular Hbond substituents is 1. The second-order valence-electron chi connectivity index (χ2n) is 11.8. The third kappa shape index (κ3) is 8.46. The number of hydrogen-bond donors (Lipinski definition) is 1. The molecule has 0 aliphatic carbocycles. The van der Waals surface area contributed by atoms with Crippen LogP contribution in [-0.2, 0) is 28.1 Å². The first-order chi connectivity index (χ1) is 22.3. The van der Waals surface area contributed by atoms with Gasteiger partial charge in [-0.25, -0.2) is 0 Å². The van der Waals surface area contributed by atoms with Crippen molar-refractivity contribution >= 4 is 23.8 Å². The van der Waals surface area contributed by atoms with Gasteiger partial charge in [0.1, 0.15) is 23.0 Å². The lowest BCUT2D eigenvalue weighted by molar-refractivity contribution is 0.00562. The number of ether oxygens (including phenoxy) is 5. The molecule has 0 radical (unpaired) electrons. The fraction of sp³-hybridized carbons (Fsp3) is 0.231. The van der Waals surface area contributed by atoms with Gasteiger partial charge in [-0.2, -0.15) is 0 Å². The second-order valence-corrected chi connectivity index (χ2v) is 13.9. The highest BCUT2D eigenvalue weighted by atomic mass is 31.1. The van der Waals surface area contributed by atoms with Gasteiger partial charge < -0.3 is 28.8 Å². The molecule has 46 heavy (non-hydrogen) atoms. The monoisotopic (exact) mass is 636 g/mol. The summed E-state index contributed by atoms with van der Waals surface area (Å²) >= 11 is 0. The predicted octanol–water partition coefficient (Wildman–Crippen LogP) is 7.56. The summed E-state index contributed by atoms with van der Waals surface area (Å²) in [6.45, 7) is 7.24. The van der Waals surface area contributed by atoms with Crippen LogP contribution in [0.3, 0.4) is 0 Å². The topological polar surface area (TPSA) is 66.4 Å². The van der Waals surface area contributed by atoms with Crippen LogP contribution in [0.15, 0.2) is 121 Å². The van der Waals surface area contributed by atoms with Crippen LogP contribution in [0.5, 0.6) is 23.0 Å². The van der Waals surface area contributed by atoms with E-state index in [2.05, 4.69) is 20.8 Å². The molecule has 0 atom stereocenters. The molecule has 5 aromatic rings. The molecule has 0 aliphatic rings. The number of methoxy groups -OCH3 is 1. The van der Waals surface area contributed by atoms with Crippen LogP contribution in [0.4, 0.5) is 0 Å². The fourth-order valence-corrected chi connectivity index (χ4v) is 7.60. The number of phenols is 1. The Morgan fingerprint density at radius 1 is 0.587 bits per heavy atom. The van der Waals surface area contributed by atoms with Gasteiger partial charge >= 0.3 is 0 Å². The zero-order valence-corrected chi connectivity index (χ0v) is 27.7. The third-order valence-corrected chi connectivity index (χ3v) is 9.90. The summed E-state index contributed by atoms with van der Waals surface area (Å²) in [6, 6.07) is 39.6. The van der Waals surface area contributed by atoms with Crippen molar-refractivity contribution in [3.8, 4) is 23.0 Å². The Labute approximate surface area is 273 Å². The average molecular weight is 637 g/mol. The fourth-order valence-electron chi connectivity index (χ4n) is 5.05. The highest BCUT2D eigenvalue weighted by Crippen LogP contribution is 2.45. The van der Waals surface area contributed by atoms with E-state index in [0.29, 0.717) is 30.5 Å². The van der Waals surface area contributed by atoms with Crippen molar-refractivity contribution in [3.05, 3.63) is 138 Å². The van der Waals surface area contributed by atoms with Gasteiger partial charge in [0.05, 0.1) is 20.3 Å². The third-order valence-electron chi connectivity index (χ3n) is 7.38. The largest absolute Gasteiger partial charge is 0.507 e. The Morgan fingerprint density at radius 2 is 1.04 bits per heavy atom. The van der Waals surface area contributed by atoms with E-state index < -0.39 is 7.92 Å². The lowest BCUT2D eigenvalue weighted by Gasteiger charge is -2.28. The van der Waals surface area contributed by atoms with Gasteiger partial charge in [-0.1, -0.05) is 118 Å². The van der Waals surface area contributed by atoms with Crippen LogP contribution in [0.2, 0.25) is 0 Å². The molecule has 0 saturated carbocycles. The summed E-state index contributed by atoms with van der Waals surface area (Å²) in [7, 11) is 0.232. The average Bonchev–Trinajstić information content (AvgIpc) is 3.07. The molecule has 0 fully saturated rings. The summed E-state index contributed by atoms with van der Waals surface area (Å²) in [5.74, 6) is 2.22. The maximum atomic E-state index is 11.9. The number of hydrogen-bond acceptors (Lipinski definition) is 6. The Hall–Kier alpha value is -4.35. The van der Waals surface area contributed by atoms with Crippen molar-refractivity contribution in [2.45, 2.75) is 39.4 Å². The lowest BCUT2D eigenvalue weighted by atomic mass is 9.86. The summed E-state index contributed by atoms with van der Waals surface area (Å²) in [6.07, 6.45) is 0. The normalized spacial score (nSPS) is 11.4. The molecule has 1 N–H and O–H groups in total. The minimum Gasteiger partial charge on any atom is -0.507 e. The minimum absolute atomic E-state index is 0.0673. The number of para-hydroxylation sites is 2. The molecule has 0 spiro atoms. The Bertz CT molecular complexity index is 1590. The van der Waals surface area contributed by atoms with Crippen molar-refractivity contribution in [2.75, 3.05) is 20.7 Å². The van der Waals surface area contributed by atoms with E-state index in [1.165, 1.54) is 0 Å². The predicted molar refractivity (Wildman–Crippen MR) is 186 cm³/mol. The van der Waals surface area contributed by atoms with Crippen LogP contribution in [0.1, 0.15) is 37.5 Å². The zero-order chi connectivity index (χ0) is 32.4. The summed E-state index contributed by atoms with van der Waals surface area (Å²) in [4.78, 5) is 0. The van der Waals surface area contributed by atoms with Crippen molar-refractivity contribution in [1.29, 1.82) is 0 Å². The Morgan fingerprint density at radius 3 is 1.50 bits per heavy atom. The van der Waals surface area contributed by atoms with E-state index in [0.717, 1.165) is 32.6 Å².